The van der Waals surface area contributed by atoms with Crippen LogP contribution in [0.15, 0.2) is 0 Å². The quantitative estimate of drug-likeness (QED) is 0.723. The highest BCUT2D eigenvalue weighted by atomic mass is 16.1. The average molecular weight is 225 g/mol. The first kappa shape index (κ1) is 12.6. The number of nitrogens with one attached hydrogen (secondary N) is 1. The van der Waals surface area contributed by atoms with Crippen molar-refractivity contribution in [3.8, 4) is 0 Å². The van der Waals surface area contributed by atoms with Gasteiger partial charge in [0.05, 0.1) is 5.54 Å². The van der Waals surface area contributed by atoms with Gasteiger partial charge in [-0.05, 0) is 34.2 Å². The molecule has 0 aliphatic carbocycles. The summed E-state index contributed by atoms with van der Waals surface area (Å²) in [5, 5.41) is 7.17. The number of primary amides is 1. The third kappa shape index (κ3) is 2.57. The molecule has 1 heterocycles. The highest BCUT2D eigenvalue weighted by Gasteiger charge is 2.28. The van der Waals surface area contributed by atoms with Crippen molar-refractivity contribution >= 4 is 5.91 Å². The monoisotopic (exact) mass is 225 g/mol. The minimum Gasteiger partial charge on any atom is -0.368 e. The standard InChI is InChI=1S/C10H19N5O/c1-7-13-8(2)15(14-7)6-5-10(3,12-4)9(11)16/h12H,5-6H2,1-4H3,(H2,11,16). The van der Waals surface area contributed by atoms with Gasteiger partial charge in [-0.3, -0.25) is 9.48 Å². The Hall–Kier alpha value is -1.43. The Labute approximate surface area is 95.2 Å². The molecule has 0 saturated heterocycles. The molecule has 1 rings (SSSR count). The van der Waals surface area contributed by atoms with Gasteiger partial charge in [0.1, 0.15) is 11.6 Å². The molecule has 0 fully saturated rings. The third-order valence-corrected chi connectivity index (χ3v) is 2.88. The van der Waals surface area contributed by atoms with Gasteiger partial charge in [-0.1, -0.05) is 0 Å². The van der Waals surface area contributed by atoms with E-state index in [4.69, 9.17) is 5.73 Å². The number of nitrogens with zero attached hydrogens (tertiary/aromatic N) is 3. The van der Waals surface area contributed by atoms with Crippen molar-refractivity contribution in [2.45, 2.75) is 39.3 Å². The van der Waals surface area contributed by atoms with Crippen LogP contribution < -0.4 is 11.1 Å². The molecule has 6 nitrogen and oxygen atoms in total. The number of amides is 1. The van der Waals surface area contributed by atoms with Crippen LogP contribution in [-0.4, -0.2) is 33.3 Å². The Kier molecular flexibility index (Phi) is 3.64. The molecule has 90 valence electrons. The molecule has 3 N–H and O–H groups in total. The van der Waals surface area contributed by atoms with Crippen molar-refractivity contribution < 1.29 is 4.79 Å². The number of carbonyl (C=O) groups excluding carboxylic acids is 1. The van der Waals surface area contributed by atoms with Crippen LogP contribution in [0.5, 0.6) is 0 Å². The fraction of sp³-hybridized carbons (Fsp3) is 0.700. The normalized spacial score (nSPS) is 14.8. The molecule has 1 aromatic heterocycles. The maximum Gasteiger partial charge on any atom is 0.237 e. The van der Waals surface area contributed by atoms with Crippen molar-refractivity contribution in [1.82, 2.24) is 20.1 Å². The zero-order chi connectivity index (χ0) is 12.3. The Bertz CT molecular complexity index is 387. The number of hydrogen-bond donors (Lipinski definition) is 2. The van der Waals surface area contributed by atoms with Crippen molar-refractivity contribution in [3.05, 3.63) is 11.6 Å². The number of hydrogen-bond acceptors (Lipinski definition) is 4. The number of nitrogens with two attached hydrogens (primary N) is 1. The topological polar surface area (TPSA) is 85.8 Å². The predicted molar refractivity (Wildman–Crippen MR) is 60.8 cm³/mol. The molecule has 1 amide bonds. The van der Waals surface area contributed by atoms with E-state index in [0.29, 0.717) is 13.0 Å². The van der Waals surface area contributed by atoms with Gasteiger partial charge in [0, 0.05) is 6.54 Å². The molecule has 1 unspecified atom stereocenters. The summed E-state index contributed by atoms with van der Waals surface area (Å²) in [4.78, 5) is 15.5. The van der Waals surface area contributed by atoms with Gasteiger partial charge < -0.3 is 11.1 Å². The number of aryl methyl sites for hydroxylation is 3. The summed E-state index contributed by atoms with van der Waals surface area (Å²) in [6.07, 6.45) is 0.586. The summed E-state index contributed by atoms with van der Waals surface area (Å²) in [5.74, 6) is 1.23. The Morgan fingerprint density at radius 1 is 1.56 bits per heavy atom. The first-order chi connectivity index (χ1) is 7.39. The predicted octanol–water partition coefficient (Wildman–Crippen LogP) is -0.252. The van der Waals surface area contributed by atoms with Gasteiger partial charge in [-0.25, -0.2) is 4.98 Å². The van der Waals surface area contributed by atoms with Crippen molar-refractivity contribution in [1.29, 1.82) is 0 Å². The van der Waals surface area contributed by atoms with Gasteiger partial charge >= 0.3 is 0 Å². The van der Waals surface area contributed by atoms with Gasteiger partial charge in [-0.15, -0.1) is 0 Å². The minimum atomic E-state index is -0.702. The first-order valence-electron chi connectivity index (χ1n) is 5.26. The van der Waals surface area contributed by atoms with Crippen LogP contribution >= 0.6 is 0 Å². The lowest BCUT2D eigenvalue weighted by atomic mass is 9.97. The molecule has 0 spiro atoms. The van der Waals surface area contributed by atoms with E-state index in [2.05, 4.69) is 15.4 Å². The lowest BCUT2D eigenvalue weighted by molar-refractivity contribution is -0.124. The molecule has 0 bridgehead atoms. The largest absolute Gasteiger partial charge is 0.368 e. The fourth-order valence-electron chi connectivity index (χ4n) is 1.47. The second-order valence-electron chi connectivity index (χ2n) is 4.13. The molecule has 1 atom stereocenters. The molecular formula is C10H19N5O. The molecule has 0 saturated carbocycles. The maximum atomic E-state index is 11.3. The number of rotatable bonds is 5. The number of likely N-dealkylation sites (N-methyl/N-ethyl adjacent to an activating group) is 1. The second kappa shape index (κ2) is 4.61. The molecular weight excluding hydrogens is 206 g/mol. The van der Waals surface area contributed by atoms with Gasteiger partial charge in [0.25, 0.3) is 0 Å². The van der Waals surface area contributed by atoms with E-state index >= 15 is 0 Å². The summed E-state index contributed by atoms with van der Waals surface area (Å²) in [5.41, 5.74) is 4.64. The Morgan fingerprint density at radius 3 is 2.56 bits per heavy atom. The molecule has 0 radical (unpaired) electrons. The van der Waals surface area contributed by atoms with E-state index in [-0.39, 0.29) is 5.91 Å². The fourth-order valence-corrected chi connectivity index (χ4v) is 1.47. The van der Waals surface area contributed by atoms with Crippen LogP contribution in [0.3, 0.4) is 0 Å². The second-order valence-corrected chi connectivity index (χ2v) is 4.13. The molecule has 0 aliphatic rings. The van der Waals surface area contributed by atoms with Crippen molar-refractivity contribution in [2.75, 3.05) is 7.05 Å². The summed E-state index contributed by atoms with van der Waals surface area (Å²) < 4.78 is 1.79. The summed E-state index contributed by atoms with van der Waals surface area (Å²) in [6.45, 7) is 6.14. The number of carbonyl (C=O) groups is 1. The van der Waals surface area contributed by atoms with E-state index in [0.717, 1.165) is 11.6 Å². The lowest BCUT2D eigenvalue weighted by Crippen LogP contribution is -2.52. The average Bonchev–Trinajstić information content (AvgIpc) is 2.53. The maximum absolute atomic E-state index is 11.3. The SMILES string of the molecule is CNC(C)(CCn1nc(C)nc1C)C(N)=O. The van der Waals surface area contributed by atoms with E-state index < -0.39 is 5.54 Å². The van der Waals surface area contributed by atoms with E-state index in [9.17, 15) is 4.79 Å². The van der Waals surface area contributed by atoms with Crippen molar-refractivity contribution in [3.63, 3.8) is 0 Å². The van der Waals surface area contributed by atoms with Crippen LogP contribution in [0.4, 0.5) is 0 Å². The molecule has 1 aromatic rings. The third-order valence-electron chi connectivity index (χ3n) is 2.88. The van der Waals surface area contributed by atoms with Crippen molar-refractivity contribution in [2.24, 2.45) is 5.73 Å². The van der Waals surface area contributed by atoms with Gasteiger partial charge in [0.2, 0.25) is 5.91 Å². The zero-order valence-corrected chi connectivity index (χ0v) is 10.2. The van der Waals surface area contributed by atoms with E-state index in [1.54, 1.807) is 18.7 Å². The van der Waals surface area contributed by atoms with Crippen LogP contribution in [0, 0.1) is 13.8 Å². The van der Waals surface area contributed by atoms with Gasteiger partial charge in [0.15, 0.2) is 0 Å². The summed E-state index contributed by atoms with van der Waals surface area (Å²) >= 11 is 0. The van der Waals surface area contributed by atoms with Crippen LogP contribution in [-0.2, 0) is 11.3 Å². The molecule has 0 aromatic carbocycles. The smallest absolute Gasteiger partial charge is 0.237 e. The van der Waals surface area contributed by atoms with E-state index in [1.807, 2.05) is 13.8 Å². The van der Waals surface area contributed by atoms with Crippen LogP contribution in [0.25, 0.3) is 0 Å². The summed E-state index contributed by atoms with van der Waals surface area (Å²) in [6, 6.07) is 0. The lowest BCUT2D eigenvalue weighted by Gasteiger charge is -2.25. The highest BCUT2D eigenvalue weighted by Crippen LogP contribution is 2.10. The molecule has 0 aliphatic heterocycles. The highest BCUT2D eigenvalue weighted by molar-refractivity contribution is 5.84. The molecule has 6 heteroatoms. The first-order valence-corrected chi connectivity index (χ1v) is 5.26. The zero-order valence-electron chi connectivity index (χ0n) is 10.2. The Balaban J connectivity index is 2.70. The van der Waals surface area contributed by atoms with Gasteiger partial charge in [-0.2, -0.15) is 5.10 Å². The van der Waals surface area contributed by atoms with E-state index in [1.165, 1.54) is 0 Å². The minimum absolute atomic E-state index is 0.357. The molecule has 16 heavy (non-hydrogen) atoms. The Morgan fingerprint density at radius 2 is 2.19 bits per heavy atom. The summed E-state index contributed by atoms with van der Waals surface area (Å²) in [7, 11) is 1.73. The number of aromatic nitrogens is 3. The van der Waals surface area contributed by atoms with Crippen LogP contribution in [0.2, 0.25) is 0 Å². The van der Waals surface area contributed by atoms with Crippen LogP contribution in [0.1, 0.15) is 25.0 Å².